The Balaban J connectivity index is 1.75. The van der Waals surface area contributed by atoms with E-state index in [9.17, 15) is 14.4 Å². The minimum Gasteiger partial charge on any atom is -0.348 e. The maximum Gasteiger partial charge on any atom is 0.273 e. The van der Waals surface area contributed by atoms with Crippen LogP contribution in [0, 0.1) is 0 Å². The SMILES string of the molecule is CC(NC(=O)Cn1[nH]c(=O)c2ccccc2c1=O)c1ccc(C(C)(C)C)cc1. The Morgan fingerprint density at radius 3 is 2.25 bits per heavy atom. The lowest BCUT2D eigenvalue weighted by atomic mass is 9.86. The van der Waals surface area contributed by atoms with Gasteiger partial charge in [0.25, 0.3) is 11.1 Å². The minimum absolute atomic E-state index is 0.0636. The highest BCUT2D eigenvalue weighted by atomic mass is 16.2. The number of fused-ring (bicyclic) bond motifs is 1. The first-order valence-electron chi connectivity index (χ1n) is 9.28. The number of nitrogens with one attached hydrogen (secondary N) is 2. The molecule has 1 atom stereocenters. The summed E-state index contributed by atoms with van der Waals surface area (Å²) < 4.78 is 1.05. The normalized spacial score (nSPS) is 12.7. The molecule has 2 aromatic carbocycles. The van der Waals surface area contributed by atoms with Gasteiger partial charge in [-0.1, -0.05) is 57.2 Å². The van der Waals surface area contributed by atoms with Crippen molar-refractivity contribution in [2.45, 2.75) is 45.7 Å². The molecule has 0 fully saturated rings. The zero-order valence-electron chi connectivity index (χ0n) is 16.6. The van der Waals surface area contributed by atoms with E-state index in [-0.39, 0.29) is 23.9 Å². The molecule has 3 aromatic rings. The van der Waals surface area contributed by atoms with Crippen LogP contribution in [0.1, 0.15) is 44.9 Å². The van der Waals surface area contributed by atoms with Gasteiger partial charge in [-0.15, -0.1) is 0 Å². The van der Waals surface area contributed by atoms with Gasteiger partial charge in [0.1, 0.15) is 6.54 Å². The number of hydrogen-bond acceptors (Lipinski definition) is 3. The lowest BCUT2D eigenvalue weighted by Gasteiger charge is -2.21. The van der Waals surface area contributed by atoms with E-state index in [1.165, 1.54) is 5.56 Å². The maximum absolute atomic E-state index is 12.5. The van der Waals surface area contributed by atoms with Crippen molar-refractivity contribution in [3.63, 3.8) is 0 Å². The molecule has 0 radical (unpaired) electrons. The number of carbonyl (C=O) groups excluding carboxylic acids is 1. The average molecular weight is 379 g/mol. The van der Waals surface area contributed by atoms with Gasteiger partial charge in [-0.3, -0.25) is 19.5 Å². The summed E-state index contributed by atoms with van der Waals surface area (Å²) in [6, 6.07) is 14.4. The molecule has 3 rings (SSSR count). The lowest BCUT2D eigenvalue weighted by Crippen LogP contribution is -2.37. The number of aromatic amines is 1. The molecule has 0 saturated carbocycles. The average Bonchev–Trinajstić information content (AvgIpc) is 2.65. The van der Waals surface area contributed by atoms with E-state index in [1.54, 1.807) is 24.3 Å². The molecule has 0 aliphatic rings. The third kappa shape index (κ3) is 4.06. The molecule has 0 saturated heterocycles. The summed E-state index contributed by atoms with van der Waals surface area (Å²) in [4.78, 5) is 37.1. The molecule has 6 heteroatoms. The highest BCUT2D eigenvalue weighted by Gasteiger charge is 2.16. The van der Waals surface area contributed by atoms with E-state index < -0.39 is 11.1 Å². The number of benzene rings is 2. The maximum atomic E-state index is 12.5. The topological polar surface area (TPSA) is 84.0 Å². The van der Waals surface area contributed by atoms with Gasteiger partial charge < -0.3 is 5.32 Å². The van der Waals surface area contributed by atoms with Gasteiger partial charge in [0, 0.05) is 0 Å². The van der Waals surface area contributed by atoms with Gasteiger partial charge in [0.15, 0.2) is 0 Å². The molecular weight excluding hydrogens is 354 g/mol. The van der Waals surface area contributed by atoms with Gasteiger partial charge in [0.05, 0.1) is 16.8 Å². The Kier molecular flexibility index (Phi) is 5.23. The van der Waals surface area contributed by atoms with E-state index >= 15 is 0 Å². The molecule has 1 unspecified atom stereocenters. The largest absolute Gasteiger partial charge is 0.348 e. The van der Waals surface area contributed by atoms with Crippen molar-refractivity contribution in [1.82, 2.24) is 15.1 Å². The predicted molar refractivity (Wildman–Crippen MR) is 111 cm³/mol. The van der Waals surface area contributed by atoms with Gasteiger partial charge in [-0.25, -0.2) is 4.68 Å². The highest BCUT2D eigenvalue weighted by molar-refractivity contribution is 5.81. The van der Waals surface area contributed by atoms with Crippen LogP contribution in [0.2, 0.25) is 0 Å². The molecule has 28 heavy (non-hydrogen) atoms. The van der Waals surface area contributed by atoms with E-state index in [0.717, 1.165) is 10.2 Å². The minimum atomic E-state index is -0.396. The molecule has 0 aliphatic carbocycles. The van der Waals surface area contributed by atoms with E-state index in [0.29, 0.717) is 10.8 Å². The van der Waals surface area contributed by atoms with Gasteiger partial charge in [0.2, 0.25) is 5.91 Å². The number of aromatic nitrogens is 2. The Hall–Kier alpha value is -3.15. The van der Waals surface area contributed by atoms with Gasteiger partial charge in [-0.05, 0) is 35.6 Å². The zero-order chi connectivity index (χ0) is 20.5. The Bertz CT molecular complexity index is 1120. The molecule has 0 aliphatic heterocycles. The van der Waals surface area contributed by atoms with Crippen LogP contribution in [0.5, 0.6) is 0 Å². The number of hydrogen-bond donors (Lipinski definition) is 2. The van der Waals surface area contributed by atoms with Crippen molar-refractivity contribution in [3.8, 4) is 0 Å². The first kappa shape index (κ1) is 19.6. The van der Waals surface area contributed by atoms with Gasteiger partial charge in [-0.2, -0.15) is 0 Å². The molecule has 2 N–H and O–H groups in total. The van der Waals surface area contributed by atoms with Crippen LogP contribution in [-0.2, 0) is 16.8 Å². The number of rotatable bonds is 4. The summed E-state index contributed by atoms with van der Waals surface area (Å²) >= 11 is 0. The van der Waals surface area contributed by atoms with Crippen molar-refractivity contribution in [1.29, 1.82) is 0 Å². The van der Waals surface area contributed by atoms with Crippen LogP contribution >= 0.6 is 0 Å². The first-order chi connectivity index (χ1) is 13.2. The van der Waals surface area contributed by atoms with Crippen LogP contribution in [0.3, 0.4) is 0 Å². The molecule has 1 amide bonds. The smallest absolute Gasteiger partial charge is 0.273 e. The second kappa shape index (κ2) is 7.46. The predicted octanol–water partition coefficient (Wildman–Crippen LogP) is 2.86. The van der Waals surface area contributed by atoms with E-state index in [4.69, 9.17) is 0 Å². The Morgan fingerprint density at radius 2 is 1.64 bits per heavy atom. The fraction of sp³-hybridized carbons (Fsp3) is 0.318. The third-order valence-electron chi connectivity index (χ3n) is 4.84. The molecule has 0 bridgehead atoms. The summed E-state index contributed by atoms with van der Waals surface area (Å²) in [7, 11) is 0. The fourth-order valence-electron chi connectivity index (χ4n) is 3.14. The number of nitrogens with zero attached hydrogens (tertiary/aromatic N) is 1. The highest BCUT2D eigenvalue weighted by Crippen LogP contribution is 2.23. The van der Waals surface area contributed by atoms with Crippen molar-refractivity contribution >= 4 is 16.7 Å². The first-order valence-corrected chi connectivity index (χ1v) is 9.28. The summed E-state index contributed by atoms with van der Waals surface area (Å²) in [6.45, 7) is 8.08. The van der Waals surface area contributed by atoms with Crippen LogP contribution in [0.15, 0.2) is 58.1 Å². The van der Waals surface area contributed by atoms with Crippen LogP contribution in [0.25, 0.3) is 10.8 Å². The Morgan fingerprint density at radius 1 is 1.04 bits per heavy atom. The number of amides is 1. The number of carbonyl (C=O) groups is 1. The quantitative estimate of drug-likeness (QED) is 0.731. The lowest BCUT2D eigenvalue weighted by molar-refractivity contribution is -0.122. The molecule has 1 aromatic heterocycles. The monoisotopic (exact) mass is 379 g/mol. The summed E-state index contributed by atoms with van der Waals surface area (Å²) in [5.74, 6) is -0.347. The van der Waals surface area contributed by atoms with E-state index in [1.807, 2.05) is 19.1 Å². The van der Waals surface area contributed by atoms with Crippen molar-refractivity contribution in [2.24, 2.45) is 0 Å². The standard InChI is InChI=1S/C22H25N3O3/c1-14(15-9-11-16(12-10-15)22(2,3)4)23-19(26)13-25-21(28)18-8-6-5-7-17(18)20(27)24-25/h5-12,14H,13H2,1-4H3,(H,23,26)(H,24,27). The molecule has 146 valence electrons. The van der Waals surface area contributed by atoms with Crippen molar-refractivity contribution in [3.05, 3.63) is 80.4 Å². The second-order valence-corrected chi connectivity index (χ2v) is 8.04. The molecular formula is C22H25N3O3. The zero-order valence-corrected chi connectivity index (χ0v) is 16.6. The molecule has 0 spiro atoms. The van der Waals surface area contributed by atoms with Crippen LogP contribution in [0.4, 0.5) is 0 Å². The summed E-state index contributed by atoms with van der Waals surface area (Å²) in [5, 5.41) is 5.96. The van der Waals surface area contributed by atoms with Crippen molar-refractivity contribution in [2.75, 3.05) is 0 Å². The van der Waals surface area contributed by atoms with Gasteiger partial charge >= 0.3 is 0 Å². The van der Waals surface area contributed by atoms with Crippen molar-refractivity contribution < 1.29 is 4.79 Å². The van der Waals surface area contributed by atoms with Crippen LogP contribution < -0.4 is 16.4 Å². The fourth-order valence-corrected chi connectivity index (χ4v) is 3.14. The van der Waals surface area contributed by atoms with E-state index in [2.05, 4.69) is 43.3 Å². The molecule has 1 heterocycles. The third-order valence-corrected chi connectivity index (χ3v) is 4.84. The summed E-state index contributed by atoms with van der Waals surface area (Å²) in [6.07, 6.45) is 0. The summed E-state index contributed by atoms with van der Waals surface area (Å²) in [5.41, 5.74) is 1.46. The number of H-pyrrole nitrogens is 1. The Labute approximate surface area is 163 Å². The van der Waals surface area contributed by atoms with Crippen LogP contribution in [-0.4, -0.2) is 15.7 Å². The second-order valence-electron chi connectivity index (χ2n) is 8.04. The molecule has 6 nitrogen and oxygen atoms in total.